The Morgan fingerprint density at radius 2 is 1.88 bits per heavy atom. The van der Waals surface area contributed by atoms with Crippen LogP contribution >= 0.6 is 11.3 Å². The second-order valence-electron chi connectivity index (χ2n) is 4.07. The zero-order valence-electron chi connectivity index (χ0n) is 8.71. The van der Waals surface area contributed by atoms with Crippen LogP contribution in [-0.4, -0.2) is 4.98 Å². The highest BCUT2D eigenvalue weighted by Crippen LogP contribution is 2.41. The lowest BCUT2D eigenvalue weighted by molar-refractivity contribution is 0.449. The van der Waals surface area contributed by atoms with Crippen LogP contribution in [0.1, 0.15) is 24.5 Å². The lowest BCUT2D eigenvalue weighted by Gasteiger charge is -2.00. The number of benzene rings is 1. The average Bonchev–Trinajstić information content (AvgIpc) is 3.06. The van der Waals surface area contributed by atoms with Gasteiger partial charge in [-0.2, -0.15) is 0 Å². The first-order chi connectivity index (χ1) is 8.16. The monoisotopic (exact) mass is 255 g/mol. The zero-order valence-corrected chi connectivity index (χ0v) is 9.53. The second-order valence-corrected chi connectivity index (χ2v) is 4.93. The summed E-state index contributed by atoms with van der Waals surface area (Å²) < 4.78 is 39.4. The predicted molar refractivity (Wildman–Crippen MR) is 59.4 cm³/mol. The van der Waals surface area contributed by atoms with Crippen LogP contribution in [0.3, 0.4) is 0 Å². The van der Waals surface area contributed by atoms with Crippen LogP contribution in [0.5, 0.6) is 0 Å². The Morgan fingerprint density at radius 3 is 2.59 bits per heavy atom. The third-order valence-electron chi connectivity index (χ3n) is 2.78. The van der Waals surface area contributed by atoms with E-state index < -0.39 is 17.5 Å². The van der Waals surface area contributed by atoms with Gasteiger partial charge in [-0.3, -0.25) is 0 Å². The second kappa shape index (κ2) is 3.84. The molecule has 88 valence electrons. The summed E-state index contributed by atoms with van der Waals surface area (Å²) in [6.45, 7) is 0. The molecular weight excluding hydrogens is 247 g/mol. The van der Waals surface area contributed by atoms with Crippen LogP contribution in [0, 0.1) is 17.5 Å². The molecule has 1 saturated carbocycles. The van der Waals surface area contributed by atoms with Crippen molar-refractivity contribution in [3.8, 4) is 10.6 Å². The Balaban J connectivity index is 2.05. The van der Waals surface area contributed by atoms with Crippen molar-refractivity contribution in [3.63, 3.8) is 0 Å². The molecule has 5 heteroatoms. The number of thiazole rings is 1. The largest absolute Gasteiger partial charge is 0.241 e. The standard InChI is InChI=1S/C12H8F3NS/c13-8-4-3-7(10(14)11(8)15)12-16-9(5-17-12)6-1-2-6/h3-6H,1-2H2. The lowest BCUT2D eigenvalue weighted by Crippen LogP contribution is -1.93. The van der Waals surface area contributed by atoms with Crippen LogP contribution < -0.4 is 0 Å². The minimum Gasteiger partial charge on any atom is -0.241 e. The molecule has 0 amide bonds. The summed E-state index contributed by atoms with van der Waals surface area (Å²) in [6.07, 6.45) is 2.20. The van der Waals surface area contributed by atoms with Gasteiger partial charge < -0.3 is 0 Å². The minimum absolute atomic E-state index is 0.0285. The molecule has 0 unspecified atom stereocenters. The number of halogens is 3. The Morgan fingerprint density at radius 1 is 1.12 bits per heavy atom. The van der Waals surface area contributed by atoms with E-state index in [1.165, 1.54) is 17.4 Å². The number of nitrogens with zero attached hydrogens (tertiary/aromatic N) is 1. The minimum atomic E-state index is -1.44. The molecule has 3 rings (SSSR count). The molecule has 1 aliphatic carbocycles. The molecule has 1 aliphatic rings. The van der Waals surface area contributed by atoms with Gasteiger partial charge in [-0.1, -0.05) is 0 Å². The topological polar surface area (TPSA) is 12.9 Å². The smallest absolute Gasteiger partial charge is 0.195 e. The molecule has 1 aromatic carbocycles. The van der Waals surface area contributed by atoms with Crippen molar-refractivity contribution >= 4 is 11.3 Å². The van der Waals surface area contributed by atoms with Gasteiger partial charge in [-0.05, 0) is 25.0 Å². The predicted octanol–water partition coefficient (Wildman–Crippen LogP) is 4.10. The summed E-state index contributed by atoms with van der Waals surface area (Å²) in [5, 5.41) is 2.26. The van der Waals surface area contributed by atoms with Crippen molar-refractivity contribution in [2.75, 3.05) is 0 Å². The zero-order chi connectivity index (χ0) is 12.0. The molecule has 1 heterocycles. The van der Waals surface area contributed by atoms with Crippen molar-refractivity contribution in [1.29, 1.82) is 0 Å². The molecule has 0 N–H and O–H groups in total. The molecule has 0 spiro atoms. The van der Waals surface area contributed by atoms with Gasteiger partial charge in [0.1, 0.15) is 5.01 Å². The van der Waals surface area contributed by atoms with E-state index in [0.717, 1.165) is 24.6 Å². The number of aromatic nitrogens is 1. The Hall–Kier alpha value is -1.36. The summed E-state index contributed by atoms with van der Waals surface area (Å²) in [7, 11) is 0. The first kappa shape index (κ1) is 10.8. The van der Waals surface area contributed by atoms with Crippen molar-refractivity contribution in [3.05, 3.63) is 40.7 Å². The normalized spacial score (nSPS) is 15.2. The summed E-state index contributed by atoms with van der Waals surface area (Å²) in [4.78, 5) is 4.26. The van der Waals surface area contributed by atoms with E-state index in [1.807, 2.05) is 5.38 Å². The fourth-order valence-corrected chi connectivity index (χ4v) is 2.59. The molecule has 0 bridgehead atoms. The van der Waals surface area contributed by atoms with Crippen molar-refractivity contribution in [2.45, 2.75) is 18.8 Å². The molecule has 1 nitrogen and oxygen atoms in total. The van der Waals surface area contributed by atoms with Gasteiger partial charge >= 0.3 is 0 Å². The van der Waals surface area contributed by atoms with Crippen LogP contribution in [0.4, 0.5) is 13.2 Å². The van der Waals surface area contributed by atoms with E-state index in [2.05, 4.69) is 4.98 Å². The molecule has 1 fully saturated rings. The summed E-state index contributed by atoms with van der Waals surface area (Å²) >= 11 is 1.26. The summed E-state index contributed by atoms with van der Waals surface area (Å²) in [5.74, 6) is -3.31. The van der Waals surface area contributed by atoms with Gasteiger partial charge in [0.25, 0.3) is 0 Å². The maximum Gasteiger partial charge on any atom is 0.195 e. The third-order valence-corrected chi connectivity index (χ3v) is 3.68. The van der Waals surface area contributed by atoms with Gasteiger partial charge in [-0.15, -0.1) is 11.3 Å². The van der Waals surface area contributed by atoms with Crippen molar-refractivity contribution < 1.29 is 13.2 Å². The number of hydrogen-bond acceptors (Lipinski definition) is 2. The third kappa shape index (κ3) is 1.84. The average molecular weight is 255 g/mol. The van der Waals surface area contributed by atoms with Crippen molar-refractivity contribution in [2.24, 2.45) is 0 Å². The Kier molecular flexibility index (Phi) is 2.43. The SMILES string of the molecule is Fc1ccc(-c2nc(C3CC3)cs2)c(F)c1F. The van der Waals surface area contributed by atoms with Crippen molar-refractivity contribution in [1.82, 2.24) is 4.98 Å². The highest BCUT2D eigenvalue weighted by atomic mass is 32.1. The van der Waals surface area contributed by atoms with E-state index >= 15 is 0 Å². The molecule has 17 heavy (non-hydrogen) atoms. The van der Waals surface area contributed by atoms with Crippen LogP contribution in [0.15, 0.2) is 17.5 Å². The van der Waals surface area contributed by atoms with Gasteiger partial charge in [-0.25, -0.2) is 18.2 Å². The van der Waals surface area contributed by atoms with E-state index in [1.54, 1.807) is 0 Å². The maximum atomic E-state index is 13.5. The lowest BCUT2D eigenvalue weighted by atomic mass is 10.2. The van der Waals surface area contributed by atoms with E-state index in [9.17, 15) is 13.2 Å². The quantitative estimate of drug-likeness (QED) is 0.736. The molecule has 2 aromatic rings. The maximum absolute atomic E-state index is 13.5. The van der Waals surface area contributed by atoms with E-state index in [-0.39, 0.29) is 5.56 Å². The van der Waals surface area contributed by atoms with E-state index in [0.29, 0.717) is 10.9 Å². The fourth-order valence-electron chi connectivity index (χ4n) is 1.67. The Bertz CT molecular complexity index is 575. The number of hydrogen-bond donors (Lipinski definition) is 0. The van der Waals surface area contributed by atoms with Gasteiger partial charge in [0, 0.05) is 16.9 Å². The summed E-state index contributed by atoms with van der Waals surface area (Å²) in [6, 6.07) is 2.15. The van der Waals surface area contributed by atoms with Gasteiger partial charge in [0.05, 0.1) is 5.69 Å². The van der Waals surface area contributed by atoms with Gasteiger partial charge in [0.2, 0.25) is 0 Å². The molecule has 0 atom stereocenters. The van der Waals surface area contributed by atoms with Crippen LogP contribution in [-0.2, 0) is 0 Å². The first-order valence-electron chi connectivity index (χ1n) is 5.26. The summed E-state index contributed by atoms with van der Waals surface area (Å²) in [5.41, 5.74) is 0.954. The molecule has 0 saturated heterocycles. The van der Waals surface area contributed by atoms with E-state index in [4.69, 9.17) is 0 Å². The molecular formula is C12H8F3NS. The fraction of sp³-hybridized carbons (Fsp3) is 0.250. The molecule has 0 radical (unpaired) electrons. The number of rotatable bonds is 2. The highest BCUT2D eigenvalue weighted by Gasteiger charge is 2.27. The van der Waals surface area contributed by atoms with Crippen LogP contribution in [0.2, 0.25) is 0 Å². The highest BCUT2D eigenvalue weighted by molar-refractivity contribution is 7.13. The first-order valence-corrected chi connectivity index (χ1v) is 6.14. The molecule has 0 aliphatic heterocycles. The van der Waals surface area contributed by atoms with Crippen LogP contribution in [0.25, 0.3) is 10.6 Å². The van der Waals surface area contributed by atoms with Gasteiger partial charge in [0.15, 0.2) is 17.5 Å². The molecule has 1 aromatic heterocycles. The Labute approximate surface area is 99.9 Å².